The number of carbonyl (C=O) groups is 1. The van der Waals surface area contributed by atoms with Crippen LogP contribution in [0, 0.1) is 26.6 Å². The molecule has 1 aromatic carbocycles. The zero-order valence-electron chi connectivity index (χ0n) is 10.0. The third kappa shape index (κ3) is 2.13. The van der Waals surface area contributed by atoms with E-state index in [1.165, 1.54) is 12.1 Å². The minimum atomic E-state index is -0.304. The minimum Gasteiger partial charge on any atom is -0.466 e. The summed E-state index contributed by atoms with van der Waals surface area (Å²) in [6.45, 7) is 5.18. The molecule has 0 aliphatic rings. The number of halogens is 1. The van der Waals surface area contributed by atoms with Gasteiger partial charge in [-0.1, -0.05) is 0 Å². The Labute approximate surface area is 99.1 Å². The Morgan fingerprint density at radius 2 is 1.88 bits per heavy atom. The zero-order valence-corrected chi connectivity index (χ0v) is 10.0. The summed E-state index contributed by atoms with van der Waals surface area (Å²) >= 11 is 0. The van der Waals surface area contributed by atoms with Gasteiger partial charge in [0.25, 0.3) is 0 Å². The highest BCUT2D eigenvalue weighted by molar-refractivity contribution is 6.09. The van der Waals surface area contributed by atoms with Gasteiger partial charge in [0.2, 0.25) is 0 Å². The number of hydrogen-bond acceptors (Lipinski definition) is 2. The quantitative estimate of drug-likeness (QED) is 0.741. The second kappa shape index (κ2) is 4.17. The summed E-state index contributed by atoms with van der Waals surface area (Å²) < 4.78 is 18.4. The van der Waals surface area contributed by atoms with Crippen molar-refractivity contribution < 1.29 is 13.6 Å². The smallest absolute Gasteiger partial charge is 0.196 e. The fourth-order valence-corrected chi connectivity index (χ4v) is 1.80. The van der Waals surface area contributed by atoms with Gasteiger partial charge in [0.05, 0.1) is 5.56 Å². The Hall–Kier alpha value is -1.90. The summed E-state index contributed by atoms with van der Waals surface area (Å²) in [5, 5.41) is 0. The lowest BCUT2D eigenvalue weighted by molar-refractivity contribution is 0.103. The molecule has 0 saturated carbocycles. The molecule has 1 heterocycles. The number of carbonyl (C=O) groups excluding carboxylic acids is 1. The van der Waals surface area contributed by atoms with Gasteiger partial charge in [0.15, 0.2) is 5.78 Å². The van der Waals surface area contributed by atoms with E-state index in [0.29, 0.717) is 28.2 Å². The van der Waals surface area contributed by atoms with Crippen molar-refractivity contribution in [3.8, 4) is 0 Å². The van der Waals surface area contributed by atoms with Crippen LogP contribution in [0.25, 0.3) is 0 Å². The van der Waals surface area contributed by atoms with Crippen LogP contribution in [-0.2, 0) is 0 Å². The van der Waals surface area contributed by atoms with E-state index in [1.54, 1.807) is 32.9 Å². The number of ketones is 1. The van der Waals surface area contributed by atoms with E-state index < -0.39 is 0 Å². The van der Waals surface area contributed by atoms with Gasteiger partial charge in [-0.15, -0.1) is 0 Å². The van der Waals surface area contributed by atoms with E-state index in [-0.39, 0.29) is 11.6 Å². The molecular formula is C14H13FO2. The Morgan fingerprint density at radius 1 is 1.18 bits per heavy atom. The monoisotopic (exact) mass is 232 g/mol. The molecule has 0 amide bonds. The van der Waals surface area contributed by atoms with Crippen molar-refractivity contribution in [2.45, 2.75) is 20.8 Å². The predicted octanol–water partition coefficient (Wildman–Crippen LogP) is 3.57. The molecule has 17 heavy (non-hydrogen) atoms. The van der Waals surface area contributed by atoms with Crippen molar-refractivity contribution in [1.29, 1.82) is 0 Å². The Kier molecular flexibility index (Phi) is 2.84. The van der Waals surface area contributed by atoms with Crippen LogP contribution in [0.15, 0.2) is 28.7 Å². The maximum Gasteiger partial charge on any atom is 0.196 e. The molecule has 0 saturated heterocycles. The molecule has 1 aromatic heterocycles. The molecule has 2 rings (SSSR count). The molecule has 88 valence electrons. The van der Waals surface area contributed by atoms with Gasteiger partial charge in [-0.05, 0) is 50.6 Å². The van der Waals surface area contributed by atoms with Gasteiger partial charge < -0.3 is 4.42 Å². The molecule has 0 spiro atoms. The zero-order chi connectivity index (χ0) is 12.6. The SMILES string of the molecule is Cc1cc(C(=O)c2ccc(F)c(C)c2)c(C)o1. The van der Waals surface area contributed by atoms with Gasteiger partial charge in [0, 0.05) is 5.56 Å². The Bertz CT molecular complexity index is 582. The molecule has 3 heteroatoms. The van der Waals surface area contributed by atoms with Crippen molar-refractivity contribution in [2.24, 2.45) is 0 Å². The standard InChI is InChI=1S/C14H13FO2/c1-8-6-11(4-5-13(8)15)14(16)12-7-9(2)17-10(12)3/h4-7H,1-3H3. The van der Waals surface area contributed by atoms with E-state index in [9.17, 15) is 9.18 Å². The van der Waals surface area contributed by atoms with Crippen LogP contribution in [0.1, 0.15) is 33.0 Å². The average molecular weight is 232 g/mol. The van der Waals surface area contributed by atoms with Crippen molar-refractivity contribution in [1.82, 2.24) is 0 Å². The van der Waals surface area contributed by atoms with Gasteiger partial charge in [-0.2, -0.15) is 0 Å². The first-order valence-corrected chi connectivity index (χ1v) is 5.37. The molecule has 0 N–H and O–H groups in total. The summed E-state index contributed by atoms with van der Waals surface area (Å²) in [7, 11) is 0. The molecule has 2 aromatic rings. The maximum absolute atomic E-state index is 13.1. The van der Waals surface area contributed by atoms with Crippen molar-refractivity contribution in [3.05, 3.63) is 58.3 Å². The Balaban J connectivity index is 2.44. The van der Waals surface area contributed by atoms with Crippen molar-refractivity contribution in [3.63, 3.8) is 0 Å². The normalized spacial score (nSPS) is 10.6. The molecule has 0 aliphatic carbocycles. The van der Waals surface area contributed by atoms with Crippen LogP contribution in [0.3, 0.4) is 0 Å². The van der Waals surface area contributed by atoms with Crippen LogP contribution < -0.4 is 0 Å². The average Bonchev–Trinajstić information content (AvgIpc) is 2.61. The third-order valence-electron chi connectivity index (χ3n) is 2.71. The Morgan fingerprint density at radius 3 is 2.41 bits per heavy atom. The van der Waals surface area contributed by atoms with E-state index in [1.807, 2.05) is 0 Å². The lowest BCUT2D eigenvalue weighted by Gasteiger charge is -2.01. The second-order valence-electron chi connectivity index (χ2n) is 4.12. The molecule has 0 fully saturated rings. The van der Waals surface area contributed by atoms with E-state index in [0.717, 1.165) is 0 Å². The van der Waals surface area contributed by atoms with Gasteiger partial charge in [-0.25, -0.2) is 4.39 Å². The lowest BCUT2D eigenvalue weighted by atomic mass is 10.0. The number of rotatable bonds is 2. The van der Waals surface area contributed by atoms with E-state index >= 15 is 0 Å². The first-order valence-electron chi connectivity index (χ1n) is 5.37. The molecule has 2 nitrogen and oxygen atoms in total. The molecular weight excluding hydrogens is 219 g/mol. The molecule has 0 atom stereocenters. The highest BCUT2D eigenvalue weighted by Crippen LogP contribution is 2.19. The highest BCUT2D eigenvalue weighted by atomic mass is 19.1. The topological polar surface area (TPSA) is 30.2 Å². The molecule has 0 aliphatic heterocycles. The fraction of sp³-hybridized carbons (Fsp3) is 0.214. The van der Waals surface area contributed by atoms with Crippen LogP contribution in [-0.4, -0.2) is 5.78 Å². The van der Waals surface area contributed by atoms with E-state index in [2.05, 4.69) is 0 Å². The summed E-state index contributed by atoms with van der Waals surface area (Å²) in [6, 6.07) is 6.06. The number of furan rings is 1. The first kappa shape index (κ1) is 11.6. The van der Waals surface area contributed by atoms with Gasteiger partial charge in [-0.3, -0.25) is 4.79 Å². The summed E-state index contributed by atoms with van der Waals surface area (Å²) in [5.74, 6) is 0.850. The first-order chi connectivity index (χ1) is 7.99. The lowest BCUT2D eigenvalue weighted by Crippen LogP contribution is -2.02. The van der Waals surface area contributed by atoms with Crippen LogP contribution in [0.5, 0.6) is 0 Å². The third-order valence-corrected chi connectivity index (χ3v) is 2.71. The van der Waals surface area contributed by atoms with Crippen molar-refractivity contribution >= 4 is 5.78 Å². The molecule has 0 unspecified atom stereocenters. The van der Waals surface area contributed by atoms with Crippen molar-refractivity contribution in [2.75, 3.05) is 0 Å². The van der Waals surface area contributed by atoms with Crippen LogP contribution >= 0.6 is 0 Å². The highest BCUT2D eigenvalue weighted by Gasteiger charge is 2.16. The van der Waals surface area contributed by atoms with Crippen LogP contribution in [0.4, 0.5) is 4.39 Å². The predicted molar refractivity (Wildman–Crippen MR) is 62.8 cm³/mol. The molecule has 0 bridgehead atoms. The summed E-state index contributed by atoms with van der Waals surface area (Å²) in [4.78, 5) is 12.2. The number of benzene rings is 1. The summed E-state index contributed by atoms with van der Waals surface area (Å²) in [6.07, 6.45) is 0. The minimum absolute atomic E-state index is 0.137. The maximum atomic E-state index is 13.1. The number of hydrogen-bond donors (Lipinski definition) is 0. The van der Waals surface area contributed by atoms with E-state index in [4.69, 9.17) is 4.42 Å². The van der Waals surface area contributed by atoms with Crippen LogP contribution in [0.2, 0.25) is 0 Å². The largest absolute Gasteiger partial charge is 0.466 e. The summed E-state index contributed by atoms with van der Waals surface area (Å²) in [5.41, 5.74) is 1.48. The van der Waals surface area contributed by atoms with Gasteiger partial charge in [0.1, 0.15) is 17.3 Å². The molecule has 0 radical (unpaired) electrons. The van der Waals surface area contributed by atoms with Gasteiger partial charge >= 0.3 is 0 Å². The second-order valence-corrected chi connectivity index (χ2v) is 4.12. The number of aryl methyl sites for hydroxylation is 3. The fourth-order valence-electron chi connectivity index (χ4n) is 1.80.